The molecule has 31 heavy (non-hydrogen) atoms. The molecule has 0 unspecified atom stereocenters. The van der Waals surface area contributed by atoms with Crippen LogP contribution in [0.5, 0.6) is 5.75 Å². The summed E-state index contributed by atoms with van der Waals surface area (Å²) < 4.78 is 15.5. The smallest absolute Gasteiger partial charge is 0.344 e. The summed E-state index contributed by atoms with van der Waals surface area (Å²) in [5.41, 5.74) is 2.14. The Morgan fingerprint density at radius 3 is 2.16 bits per heavy atom. The number of carbonyl (C=O) groups excluding carboxylic acids is 3. The molecular weight excluding hydrogens is 398 g/mol. The largest absolute Gasteiger partial charge is 0.482 e. The van der Waals surface area contributed by atoms with Crippen molar-refractivity contribution < 1.29 is 28.6 Å². The number of carbonyl (C=O) groups is 3. The minimum absolute atomic E-state index is 0.173. The summed E-state index contributed by atoms with van der Waals surface area (Å²) in [4.78, 5) is 37.5. The first-order chi connectivity index (χ1) is 15.1. The van der Waals surface area contributed by atoms with Crippen LogP contribution in [-0.2, 0) is 23.9 Å². The number of hydrogen-bond donors (Lipinski definition) is 0. The molecule has 0 bridgehead atoms. The molecule has 1 aliphatic heterocycles. The maximum Gasteiger partial charge on any atom is 0.344 e. The average molecular weight is 425 g/mol. The van der Waals surface area contributed by atoms with Gasteiger partial charge in [0.25, 0.3) is 5.91 Å². The summed E-state index contributed by atoms with van der Waals surface area (Å²) in [5.74, 6) is -0.725. The fraction of sp³-hybridized carbons (Fsp3) is 0.375. The minimum Gasteiger partial charge on any atom is -0.482 e. The van der Waals surface area contributed by atoms with Gasteiger partial charge in [-0.1, -0.05) is 42.5 Å². The molecule has 0 radical (unpaired) electrons. The Bertz CT molecular complexity index is 873. The van der Waals surface area contributed by atoms with Crippen molar-refractivity contribution in [1.82, 2.24) is 4.90 Å². The SMILES string of the molecule is CCOC(=O)C1CCN(C(=O)COC(=O)COc2ccc(-c3ccccc3)cc2)CC1. The zero-order valence-corrected chi connectivity index (χ0v) is 17.6. The molecule has 1 amide bonds. The van der Waals surface area contributed by atoms with E-state index >= 15 is 0 Å². The van der Waals surface area contributed by atoms with Gasteiger partial charge < -0.3 is 19.1 Å². The van der Waals surface area contributed by atoms with Crippen molar-refractivity contribution in [1.29, 1.82) is 0 Å². The molecular formula is C24H27NO6. The molecule has 164 valence electrons. The van der Waals surface area contributed by atoms with E-state index in [0.29, 0.717) is 38.3 Å². The third-order valence-electron chi connectivity index (χ3n) is 5.14. The van der Waals surface area contributed by atoms with E-state index in [4.69, 9.17) is 14.2 Å². The van der Waals surface area contributed by atoms with E-state index in [9.17, 15) is 14.4 Å². The zero-order valence-electron chi connectivity index (χ0n) is 17.6. The molecule has 2 aromatic carbocycles. The number of nitrogens with zero attached hydrogens (tertiary/aromatic N) is 1. The van der Waals surface area contributed by atoms with Crippen LogP contribution in [0.25, 0.3) is 11.1 Å². The van der Waals surface area contributed by atoms with Crippen molar-refractivity contribution in [2.45, 2.75) is 19.8 Å². The van der Waals surface area contributed by atoms with E-state index in [1.54, 1.807) is 24.0 Å². The van der Waals surface area contributed by atoms with Gasteiger partial charge in [0.15, 0.2) is 13.2 Å². The number of ether oxygens (including phenoxy) is 3. The predicted octanol–water partition coefficient (Wildman–Crippen LogP) is 3.08. The van der Waals surface area contributed by atoms with Gasteiger partial charge in [-0.2, -0.15) is 0 Å². The van der Waals surface area contributed by atoms with Crippen LogP contribution in [0.3, 0.4) is 0 Å². The van der Waals surface area contributed by atoms with Crippen molar-refractivity contribution in [2.75, 3.05) is 32.9 Å². The normalized spacial score (nSPS) is 14.0. The maximum absolute atomic E-state index is 12.2. The van der Waals surface area contributed by atoms with Crippen molar-refractivity contribution in [3.63, 3.8) is 0 Å². The van der Waals surface area contributed by atoms with Gasteiger partial charge in [0.1, 0.15) is 5.75 Å². The van der Waals surface area contributed by atoms with Gasteiger partial charge in [-0.15, -0.1) is 0 Å². The van der Waals surface area contributed by atoms with Crippen LogP contribution in [0.15, 0.2) is 54.6 Å². The summed E-state index contributed by atoms with van der Waals surface area (Å²) in [6, 6.07) is 17.3. The van der Waals surface area contributed by atoms with Crippen LogP contribution in [0, 0.1) is 5.92 Å². The number of benzene rings is 2. The van der Waals surface area contributed by atoms with E-state index < -0.39 is 5.97 Å². The van der Waals surface area contributed by atoms with E-state index in [2.05, 4.69) is 0 Å². The monoisotopic (exact) mass is 425 g/mol. The predicted molar refractivity (Wildman–Crippen MR) is 114 cm³/mol. The topological polar surface area (TPSA) is 82.1 Å². The summed E-state index contributed by atoms with van der Waals surface area (Å²) >= 11 is 0. The van der Waals surface area contributed by atoms with Crippen LogP contribution in [0.2, 0.25) is 0 Å². The molecule has 7 nitrogen and oxygen atoms in total. The van der Waals surface area contributed by atoms with Gasteiger partial charge in [-0.25, -0.2) is 4.79 Å². The van der Waals surface area contributed by atoms with Crippen LogP contribution in [-0.4, -0.2) is 55.7 Å². The molecule has 1 saturated heterocycles. The van der Waals surface area contributed by atoms with Crippen LogP contribution in [0.4, 0.5) is 0 Å². The van der Waals surface area contributed by atoms with Crippen LogP contribution >= 0.6 is 0 Å². The van der Waals surface area contributed by atoms with Gasteiger partial charge in [0.2, 0.25) is 0 Å². The number of hydrogen-bond acceptors (Lipinski definition) is 6. The molecule has 1 fully saturated rings. The standard InChI is InChI=1S/C24H27NO6/c1-2-29-24(28)20-12-14-25(15-13-20)22(26)16-31-23(27)17-30-21-10-8-19(9-11-21)18-6-4-3-5-7-18/h3-11,20H,2,12-17H2,1H3. The fourth-order valence-corrected chi connectivity index (χ4v) is 3.42. The van der Waals surface area contributed by atoms with E-state index in [0.717, 1.165) is 11.1 Å². The van der Waals surface area contributed by atoms with Crippen molar-refractivity contribution in [3.05, 3.63) is 54.6 Å². The Morgan fingerprint density at radius 1 is 0.871 bits per heavy atom. The Balaban J connectivity index is 1.37. The molecule has 0 aliphatic carbocycles. The Labute approximate surface area is 181 Å². The van der Waals surface area contributed by atoms with Crippen LogP contribution in [0.1, 0.15) is 19.8 Å². The third-order valence-corrected chi connectivity index (χ3v) is 5.14. The van der Waals surface area contributed by atoms with E-state index in [1.165, 1.54) is 0 Å². The van der Waals surface area contributed by atoms with Gasteiger partial charge >= 0.3 is 11.9 Å². The number of piperidine rings is 1. The van der Waals surface area contributed by atoms with Gasteiger partial charge in [-0.05, 0) is 43.0 Å². The summed E-state index contributed by atoms with van der Waals surface area (Å²) in [6.45, 7) is 2.41. The van der Waals surface area contributed by atoms with Gasteiger partial charge in [0, 0.05) is 13.1 Å². The molecule has 1 aliphatic rings. The highest BCUT2D eigenvalue weighted by Crippen LogP contribution is 2.22. The Hall–Kier alpha value is -3.35. The highest BCUT2D eigenvalue weighted by atomic mass is 16.6. The first-order valence-corrected chi connectivity index (χ1v) is 10.4. The lowest BCUT2D eigenvalue weighted by atomic mass is 9.97. The first-order valence-electron chi connectivity index (χ1n) is 10.4. The van der Waals surface area contributed by atoms with Gasteiger partial charge in [0.05, 0.1) is 12.5 Å². The van der Waals surface area contributed by atoms with E-state index in [1.807, 2.05) is 42.5 Å². The number of likely N-dealkylation sites (tertiary alicyclic amines) is 1. The second-order valence-electron chi connectivity index (χ2n) is 7.25. The molecule has 0 spiro atoms. The lowest BCUT2D eigenvalue weighted by molar-refractivity contribution is -0.155. The molecule has 1 heterocycles. The number of rotatable bonds is 8. The first kappa shape index (κ1) is 22.3. The summed E-state index contributed by atoms with van der Waals surface area (Å²) in [6.07, 6.45) is 1.11. The Morgan fingerprint density at radius 2 is 1.52 bits per heavy atom. The highest BCUT2D eigenvalue weighted by Gasteiger charge is 2.28. The summed E-state index contributed by atoms with van der Waals surface area (Å²) in [5, 5.41) is 0. The van der Waals surface area contributed by atoms with Crippen molar-refractivity contribution >= 4 is 17.8 Å². The number of esters is 2. The molecule has 3 rings (SSSR count). The lowest BCUT2D eigenvalue weighted by Crippen LogP contribution is -2.42. The molecule has 7 heteroatoms. The second-order valence-corrected chi connectivity index (χ2v) is 7.25. The fourth-order valence-electron chi connectivity index (χ4n) is 3.42. The second kappa shape index (κ2) is 11.2. The van der Waals surface area contributed by atoms with Crippen molar-refractivity contribution in [2.24, 2.45) is 5.92 Å². The van der Waals surface area contributed by atoms with Crippen molar-refractivity contribution in [3.8, 4) is 16.9 Å². The van der Waals surface area contributed by atoms with Gasteiger partial charge in [-0.3, -0.25) is 9.59 Å². The lowest BCUT2D eigenvalue weighted by Gasteiger charge is -2.30. The quantitative estimate of drug-likeness (QED) is 0.605. The molecule has 2 aromatic rings. The highest BCUT2D eigenvalue weighted by molar-refractivity contribution is 5.81. The maximum atomic E-state index is 12.2. The average Bonchev–Trinajstić information content (AvgIpc) is 2.82. The Kier molecular flexibility index (Phi) is 8.04. The van der Waals surface area contributed by atoms with E-state index in [-0.39, 0.29) is 31.0 Å². The third kappa shape index (κ3) is 6.57. The summed E-state index contributed by atoms with van der Waals surface area (Å²) in [7, 11) is 0. The molecule has 0 atom stereocenters. The molecule has 0 aromatic heterocycles. The molecule has 0 saturated carbocycles. The number of amides is 1. The molecule has 0 N–H and O–H groups in total. The zero-order chi connectivity index (χ0) is 22.1. The minimum atomic E-state index is -0.609. The van der Waals surface area contributed by atoms with Crippen LogP contribution < -0.4 is 4.74 Å².